The van der Waals surface area contributed by atoms with E-state index in [-0.39, 0.29) is 30.0 Å². The predicted octanol–water partition coefficient (Wildman–Crippen LogP) is 2.28. The lowest BCUT2D eigenvalue weighted by Gasteiger charge is -2.17. The minimum Gasteiger partial charge on any atom is -0.481 e. The van der Waals surface area contributed by atoms with Crippen LogP contribution in [0.5, 0.6) is 0 Å². The summed E-state index contributed by atoms with van der Waals surface area (Å²) >= 11 is 0. The lowest BCUT2D eigenvalue weighted by atomic mass is 9.86. The summed E-state index contributed by atoms with van der Waals surface area (Å²) in [5.41, 5.74) is 0. The molecule has 1 N–H and O–H groups in total. The molecule has 0 aliphatic heterocycles. The van der Waals surface area contributed by atoms with E-state index in [4.69, 9.17) is 9.84 Å². The number of carboxylic acid groups (broad SMARTS) is 1. The van der Waals surface area contributed by atoms with Crippen molar-refractivity contribution in [3.8, 4) is 0 Å². The van der Waals surface area contributed by atoms with Crippen molar-refractivity contribution < 1.29 is 24.2 Å². The standard InChI is InChI=1S/C14H24O5/c1-5-19-12(15)7-6-9(2)13(16)10(3)8-11(4)14(17)18/h9-11H,5-8H2,1-4H3,(H,17,18)/t9-,10-,11+/m1/s1. The first-order chi connectivity index (χ1) is 8.79. The molecule has 0 fully saturated rings. The lowest BCUT2D eigenvalue weighted by Crippen LogP contribution is -2.24. The van der Waals surface area contributed by atoms with Crippen molar-refractivity contribution in [3.05, 3.63) is 0 Å². The minimum atomic E-state index is -0.890. The molecule has 0 radical (unpaired) electrons. The van der Waals surface area contributed by atoms with Crippen LogP contribution >= 0.6 is 0 Å². The van der Waals surface area contributed by atoms with Gasteiger partial charge in [0.15, 0.2) is 0 Å². The van der Waals surface area contributed by atoms with Crippen molar-refractivity contribution in [1.29, 1.82) is 0 Å². The Morgan fingerprint density at radius 3 is 2.11 bits per heavy atom. The monoisotopic (exact) mass is 272 g/mol. The fourth-order valence-electron chi connectivity index (χ4n) is 1.94. The molecule has 0 spiro atoms. The van der Waals surface area contributed by atoms with Gasteiger partial charge in [0.2, 0.25) is 0 Å². The van der Waals surface area contributed by atoms with Crippen LogP contribution in [-0.4, -0.2) is 29.4 Å². The van der Waals surface area contributed by atoms with Crippen LogP contribution in [0.4, 0.5) is 0 Å². The molecule has 0 heterocycles. The molecule has 0 saturated heterocycles. The van der Waals surface area contributed by atoms with Gasteiger partial charge >= 0.3 is 11.9 Å². The zero-order valence-electron chi connectivity index (χ0n) is 12.1. The fraction of sp³-hybridized carbons (Fsp3) is 0.786. The molecule has 3 atom stereocenters. The average molecular weight is 272 g/mol. The first-order valence-electron chi connectivity index (χ1n) is 6.71. The summed E-state index contributed by atoms with van der Waals surface area (Å²) < 4.78 is 4.80. The Balaban J connectivity index is 4.17. The van der Waals surface area contributed by atoms with Gasteiger partial charge in [0.05, 0.1) is 12.5 Å². The summed E-state index contributed by atoms with van der Waals surface area (Å²) in [6, 6.07) is 0. The quantitative estimate of drug-likeness (QED) is 0.651. The highest BCUT2D eigenvalue weighted by molar-refractivity contribution is 5.84. The third kappa shape index (κ3) is 6.94. The van der Waals surface area contributed by atoms with Crippen molar-refractivity contribution >= 4 is 17.7 Å². The highest BCUT2D eigenvalue weighted by Gasteiger charge is 2.24. The van der Waals surface area contributed by atoms with Gasteiger partial charge in [-0.2, -0.15) is 0 Å². The van der Waals surface area contributed by atoms with E-state index in [0.717, 1.165) is 0 Å². The van der Waals surface area contributed by atoms with Crippen molar-refractivity contribution in [2.75, 3.05) is 6.61 Å². The molecule has 5 nitrogen and oxygen atoms in total. The van der Waals surface area contributed by atoms with Crippen molar-refractivity contribution in [3.63, 3.8) is 0 Å². The van der Waals surface area contributed by atoms with Crippen molar-refractivity contribution in [1.82, 2.24) is 0 Å². The second kappa shape index (κ2) is 8.67. The van der Waals surface area contributed by atoms with Gasteiger partial charge in [-0.1, -0.05) is 20.8 Å². The molecule has 0 aliphatic rings. The molecule has 0 unspecified atom stereocenters. The number of carboxylic acids is 1. The van der Waals surface area contributed by atoms with Crippen LogP contribution in [0.3, 0.4) is 0 Å². The van der Waals surface area contributed by atoms with Gasteiger partial charge in [-0.3, -0.25) is 14.4 Å². The number of aliphatic carboxylic acids is 1. The van der Waals surface area contributed by atoms with E-state index in [1.54, 1.807) is 27.7 Å². The average Bonchev–Trinajstić information content (AvgIpc) is 2.34. The second-order valence-electron chi connectivity index (χ2n) is 5.02. The van der Waals surface area contributed by atoms with Gasteiger partial charge in [0.25, 0.3) is 0 Å². The van der Waals surface area contributed by atoms with E-state index in [0.29, 0.717) is 19.4 Å². The number of hydrogen-bond acceptors (Lipinski definition) is 4. The molecule has 0 aliphatic carbocycles. The Morgan fingerprint density at radius 1 is 1.05 bits per heavy atom. The van der Waals surface area contributed by atoms with Gasteiger partial charge in [-0.15, -0.1) is 0 Å². The molecule has 0 rings (SSSR count). The molecule has 0 aromatic heterocycles. The predicted molar refractivity (Wildman–Crippen MR) is 70.6 cm³/mol. The van der Waals surface area contributed by atoms with E-state index in [1.807, 2.05) is 0 Å². The van der Waals surface area contributed by atoms with Crippen LogP contribution in [-0.2, 0) is 19.1 Å². The van der Waals surface area contributed by atoms with Gasteiger partial charge < -0.3 is 9.84 Å². The third-order valence-corrected chi connectivity index (χ3v) is 3.19. The summed E-state index contributed by atoms with van der Waals surface area (Å²) in [5, 5.41) is 8.81. The molecule has 0 saturated carbocycles. The van der Waals surface area contributed by atoms with Crippen LogP contribution in [0, 0.1) is 17.8 Å². The Bertz CT molecular complexity index is 324. The maximum absolute atomic E-state index is 12.0. The Labute approximate surface area is 114 Å². The van der Waals surface area contributed by atoms with Gasteiger partial charge in [0, 0.05) is 18.3 Å². The first kappa shape index (κ1) is 17.6. The van der Waals surface area contributed by atoms with E-state index < -0.39 is 11.9 Å². The summed E-state index contributed by atoms with van der Waals surface area (Å²) in [4.78, 5) is 34.0. The van der Waals surface area contributed by atoms with E-state index in [1.165, 1.54) is 0 Å². The lowest BCUT2D eigenvalue weighted by molar-refractivity contribution is -0.143. The van der Waals surface area contributed by atoms with Gasteiger partial charge in [-0.05, 0) is 19.8 Å². The first-order valence-corrected chi connectivity index (χ1v) is 6.71. The molecule has 19 heavy (non-hydrogen) atoms. The number of carbonyl (C=O) groups is 3. The maximum atomic E-state index is 12.0. The topological polar surface area (TPSA) is 80.7 Å². The van der Waals surface area contributed by atoms with E-state index in [2.05, 4.69) is 0 Å². The normalized spacial score (nSPS) is 15.4. The third-order valence-electron chi connectivity index (χ3n) is 3.19. The molecule has 0 amide bonds. The summed E-state index contributed by atoms with van der Waals surface area (Å²) in [6.07, 6.45) is 1.00. The molecule has 5 heteroatoms. The Hall–Kier alpha value is -1.39. The van der Waals surface area contributed by atoms with Crippen LogP contribution in [0.1, 0.15) is 47.0 Å². The molecule has 0 aromatic carbocycles. The number of esters is 1. The Kier molecular flexibility index (Phi) is 8.03. The molecule has 110 valence electrons. The fourth-order valence-corrected chi connectivity index (χ4v) is 1.94. The number of ketones is 1. The second-order valence-corrected chi connectivity index (χ2v) is 5.02. The molecular formula is C14H24O5. The summed E-state index contributed by atoms with van der Waals surface area (Å²) in [6.45, 7) is 7.18. The van der Waals surface area contributed by atoms with Crippen LogP contribution in [0.15, 0.2) is 0 Å². The van der Waals surface area contributed by atoms with Crippen LogP contribution in [0.2, 0.25) is 0 Å². The van der Waals surface area contributed by atoms with Gasteiger partial charge in [-0.25, -0.2) is 0 Å². The number of rotatable bonds is 9. The molecule has 0 aromatic rings. The highest BCUT2D eigenvalue weighted by atomic mass is 16.5. The number of ether oxygens (including phenoxy) is 1. The van der Waals surface area contributed by atoms with Crippen molar-refractivity contribution in [2.45, 2.75) is 47.0 Å². The largest absolute Gasteiger partial charge is 0.481 e. The summed E-state index contributed by atoms with van der Waals surface area (Å²) in [5.74, 6) is -2.26. The molecule has 0 bridgehead atoms. The van der Waals surface area contributed by atoms with Gasteiger partial charge in [0.1, 0.15) is 5.78 Å². The highest BCUT2D eigenvalue weighted by Crippen LogP contribution is 2.19. The van der Waals surface area contributed by atoms with Crippen molar-refractivity contribution in [2.24, 2.45) is 17.8 Å². The van der Waals surface area contributed by atoms with Crippen LogP contribution in [0.25, 0.3) is 0 Å². The molecular weight excluding hydrogens is 248 g/mol. The zero-order chi connectivity index (χ0) is 15.0. The number of carbonyl (C=O) groups excluding carboxylic acids is 2. The smallest absolute Gasteiger partial charge is 0.306 e. The van der Waals surface area contributed by atoms with E-state index in [9.17, 15) is 14.4 Å². The zero-order valence-corrected chi connectivity index (χ0v) is 12.1. The number of Topliss-reactive ketones (excluding diaryl/α,β-unsaturated/α-hetero) is 1. The Morgan fingerprint density at radius 2 is 1.63 bits per heavy atom. The van der Waals surface area contributed by atoms with E-state index >= 15 is 0 Å². The minimum absolute atomic E-state index is 0.0115. The summed E-state index contributed by atoms with van der Waals surface area (Å²) in [7, 11) is 0. The maximum Gasteiger partial charge on any atom is 0.306 e. The van der Waals surface area contributed by atoms with Crippen LogP contribution < -0.4 is 0 Å². The number of hydrogen-bond donors (Lipinski definition) is 1. The SMILES string of the molecule is CCOC(=O)CC[C@@H](C)C(=O)[C@H](C)C[C@H](C)C(=O)O.